The van der Waals surface area contributed by atoms with Crippen molar-refractivity contribution < 1.29 is 9.84 Å². The van der Waals surface area contributed by atoms with E-state index in [9.17, 15) is 0 Å². The number of aliphatic hydroxyl groups is 1. The molecule has 4 rings (SSSR count). The van der Waals surface area contributed by atoms with Gasteiger partial charge in [-0.15, -0.1) is 0 Å². The van der Waals surface area contributed by atoms with Crippen molar-refractivity contribution in [1.29, 1.82) is 0 Å². The van der Waals surface area contributed by atoms with Crippen LogP contribution < -0.4 is 0 Å². The summed E-state index contributed by atoms with van der Waals surface area (Å²) in [5.41, 5.74) is 0.579. The molecule has 0 aromatic carbocycles. The van der Waals surface area contributed by atoms with E-state index in [1.54, 1.807) is 0 Å². The number of rotatable bonds is 2. The Kier molecular flexibility index (Phi) is 1.34. The minimum atomic E-state index is 0.104. The van der Waals surface area contributed by atoms with E-state index in [4.69, 9.17) is 9.84 Å². The zero-order valence-electron chi connectivity index (χ0n) is 8.42. The molecule has 0 amide bonds. The van der Waals surface area contributed by atoms with E-state index in [0.29, 0.717) is 11.5 Å². The summed E-state index contributed by atoms with van der Waals surface area (Å²) in [5, 5.41) is 9.04. The lowest BCUT2D eigenvalue weighted by molar-refractivity contribution is -0.0893. The van der Waals surface area contributed by atoms with Gasteiger partial charge in [-0.05, 0) is 30.1 Å². The van der Waals surface area contributed by atoms with Gasteiger partial charge in [-0.3, -0.25) is 0 Å². The minimum absolute atomic E-state index is 0.104. The summed E-state index contributed by atoms with van der Waals surface area (Å²) in [7, 11) is 0. The molecule has 13 heavy (non-hydrogen) atoms. The van der Waals surface area contributed by atoms with Crippen LogP contribution in [0.2, 0.25) is 0 Å². The first-order chi connectivity index (χ1) is 6.11. The highest BCUT2D eigenvalue weighted by atomic mass is 16.6. The molecule has 0 radical (unpaired) electrons. The van der Waals surface area contributed by atoms with Crippen molar-refractivity contribution >= 4 is 0 Å². The number of hydrogen-bond donors (Lipinski definition) is 1. The third-order valence-corrected chi connectivity index (χ3v) is 4.91. The first kappa shape index (κ1) is 8.25. The molecule has 4 unspecified atom stereocenters. The van der Waals surface area contributed by atoms with E-state index in [-0.39, 0.29) is 12.2 Å². The highest BCUT2D eigenvalue weighted by molar-refractivity contribution is 5.22. The Morgan fingerprint density at radius 3 is 2.77 bits per heavy atom. The van der Waals surface area contributed by atoms with Crippen molar-refractivity contribution in [3.8, 4) is 0 Å². The van der Waals surface area contributed by atoms with E-state index in [1.165, 1.54) is 12.8 Å². The van der Waals surface area contributed by atoms with Crippen molar-refractivity contribution in [2.24, 2.45) is 17.3 Å². The lowest BCUT2D eigenvalue weighted by Gasteiger charge is -2.58. The molecule has 3 aliphatic carbocycles. The summed E-state index contributed by atoms with van der Waals surface area (Å²) in [4.78, 5) is 0. The molecule has 2 bridgehead atoms. The molecule has 1 N–H and O–H groups in total. The zero-order chi connectivity index (χ0) is 9.27. The highest BCUT2D eigenvalue weighted by Crippen LogP contribution is 2.71. The van der Waals surface area contributed by atoms with Gasteiger partial charge in [0, 0.05) is 13.0 Å². The lowest BCUT2D eigenvalue weighted by atomic mass is 9.45. The molecule has 1 heterocycles. The van der Waals surface area contributed by atoms with Gasteiger partial charge in [-0.25, -0.2) is 0 Å². The highest BCUT2D eigenvalue weighted by Gasteiger charge is 2.74. The van der Waals surface area contributed by atoms with Gasteiger partial charge in [-0.1, -0.05) is 13.8 Å². The molecule has 4 fully saturated rings. The molecule has 2 nitrogen and oxygen atoms in total. The number of epoxide rings is 1. The fourth-order valence-corrected chi connectivity index (χ4v) is 3.86. The summed E-state index contributed by atoms with van der Waals surface area (Å²) in [5.74, 6) is 1.60. The van der Waals surface area contributed by atoms with Gasteiger partial charge >= 0.3 is 0 Å². The molecule has 4 atom stereocenters. The maximum Gasteiger partial charge on any atom is 0.100 e. The van der Waals surface area contributed by atoms with E-state index in [1.807, 2.05) is 0 Å². The average Bonchev–Trinajstić information content (AvgIpc) is 2.77. The smallest absolute Gasteiger partial charge is 0.100 e. The Morgan fingerprint density at radius 1 is 1.38 bits per heavy atom. The van der Waals surface area contributed by atoms with Crippen LogP contribution in [0.25, 0.3) is 0 Å². The maximum absolute atomic E-state index is 9.04. The fourth-order valence-electron chi connectivity index (χ4n) is 3.86. The van der Waals surface area contributed by atoms with E-state index in [2.05, 4.69) is 13.8 Å². The Balaban J connectivity index is 1.86. The second-order valence-electron chi connectivity index (χ2n) is 5.58. The van der Waals surface area contributed by atoms with Gasteiger partial charge in [0.1, 0.15) is 5.60 Å². The molecule has 0 aromatic heterocycles. The van der Waals surface area contributed by atoms with Gasteiger partial charge in [0.05, 0.1) is 6.10 Å². The molecule has 0 spiro atoms. The first-order valence-electron chi connectivity index (χ1n) is 5.40. The van der Waals surface area contributed by atoms with Gasteiger partial charge < -0.3 is 9.84 Å². The van der Waals surface area contributed by atoms with Crippen LogP contribution in [-0.4, -0.2) is 23.4 Å². The zero-order valence-corrected chi connectivity index (χ0v) is 8.42. The molecule has 74 valence electrons. The summed E-state index contributed by atoms with van der Waals surface area (Å²) < 4.78 is 5.84. The first-order valence-corrected chi connectivity index (χ1v) is 5.40. The van der Waals surface area contributed by atoms with Crippen LogP contribution in [0, 0.1) is 17.3 Å². The van der Waals surface area contributed by atoms with Gasteiger partial charge in [-0.2, -0.15) is 0 Å². The van der Waals surface area contributed by atoms with Crippen LogP contribution in [0.4, 0.5) is 0 Å². The molecule has 1 aliphatic heterocycles. The molecular weight excluding hydrogens is 164 g/mol. The van der Waals surface area contributed by atoms with Crippen molar-refractivity contribution in [2.45, 2.75) is 44.8 Å². The molecule has 0 aromatic rings. The molecule has 1 saturated heterocycles. The number of ether oxygens (including phenoxy) is 1. The molecule has 3 saturated carbocycles. The van der Waals surface area contributed by atoms with Crippen LogP contribution in [0.1, 0.15) is 33.1 Å². The van der Waals surface area contributed by atoms with Crippen LogP contribution >= 0.6 is 0 Å². The summed E-state index contributed by atoms with van der Waals surface area (Å²) in [6, 6.07) is 0. The van der Waals surface area contributed by atoms with Crippen LogP contribution in [0.5, 0.6) is 0 Å². The monoisotopic (exact) mass is 182 g/mol. The van der Waals surface area contributed by atoms with Crippen LogP contribution in [0.15, 0.2) is 0 Å². The van der Waals surface area contributed by atoms with Gasteiger partial charge in [0.25, 0.3) is 0 Å². The molecule has 4 aliphatic rings. The Morgan fingerprint density at radius 2 is 2.15 bits per heavy atom. The second-order valence-corrected chi connectivity index (χ2v) is 5.58. The van der Waals surface area contributed by atoms with Gasteiger partial charge in [0.2, 0.25) is 0 Å². The maximum atomic E-state index is 9.04. The Labute approximate surface area is 79.3 Å². The number of aliphatic hydroxyl groups excluding tert-OH is 1. The topological polar surface area (TPSA) is 32.8 Å². The quantitative estimate of drug-likeness (QED) is 0.657. The fraction of sp³-hybridized carbons (Fsp3) is 1.00. The summed E-state index contributed by atoms with van der Waals surface area (Å²) in [6.07, 6.45) is 3.93. The van der Waals surface area contributed by atoms with Crippen molar-refractivity contribution in [3.63, 3.8) is 0 Å². The van der Waals surface area contributed by atoms with Crippen LogP contribution in [0.3, 0.4) is 0 Å². The average molecular weight is 182 g/mol. The standard InChI is InChI=1S/C11H18O2/c1-10(2)7-5-8(10)11(3-4-12)9(6-7)13-11/h7-9,12H,3-6H2,1-2H3. The third-order valence-electron chi connectivity index (χ3n) is 4.91. The molecule has 2 heteroatoms. The van der Waals surface area contributed by atoms with E-state index >= 15 is 0 Å². The number of hydrogen-bond acceptors (Lipinski definition) is 2. The summed E-state index contributed by atoms with van der Waals surface area (Å²) in [6.45, 7) is 5.01. The molecular formula is C11H18O2. The Bertz CT molecular complexity index is 248. The Hall–Kier alpha value is -0.0800. The van der Waals surface area contributed by atoms with Crippen molar-refractivity contribution in [2.75, 3.05) is 6.61 Å². The predicted molar refractivity (Wildman–Crippen MR) is 49.3 cm³/mol. The SMILES string of the molecule is CC1(C)C2CC3OC3(CCO)C1C2. The van der Waals surface area contributed by atoms with E-state index < -0.39 is 0 Å². The summed E-state index contributed by atoms with van der Waals surface area (Å²) >= 11 is 0. The third kappa shape index (κ3) is 0.774. The van der Waals surface area contributed by atoms with Crippen molar-refractivity contribution in [3.05, 3.63) is 0 Å². The van der Waals surface area contributed by atoms with Crippen molar-refractivity contribution in [1.82, 2.24) is 0 Å². The largest absolute Gasteiger partial charge is 0.396 e. The van der Waals surface area contributed by atoms with E-state index in [0.717, 1.165) is 18.3 Å². The normalized spacial score (nSPS) is 55.2. The minimum Gasteiger partial charge on any atom is -0.396 e. The second kappa shape index (κ2) is 2.12. The van der Waals surface area contributed by atoms with Gasteiger partial charge in [0.15, 0.2) is 0 Å². The predicted octanol–water partition coefficient (Wildman–Crippen LogP) is 1.57. The lowest BCUT2D eigenvalue weighted by Crippen LogP contribution is -2.57. The van der Waals surface area contributed by atoms with Crippen LogP contribution in [-0.2, 0) is 4.74 Å².